The Morgan fingerprint density at radius 2 is 2.35 bits per heavy atom. The molecule has 0 fully saturated rings. The van der Waals surface area contributed by atoms with Crippen molar-refractivity contribution in [2.24, 2.45) is 0 Å². The number of fused-ring (bicyclic) bond motifs is 3. The number of esters is 1. The maximum absolute atomic E-state index is 11.8. The standard InChI is InChI=1S/C12H11NO3S/c1-15-12(14)10-9-6-4-5-16-7(6)2-3-8(9)17-11(10)13/h4-5H,2-3,13H2,1H3. The summed E-state index contributed by atoms with van der Waals surface area (Å²) in [7, 11) is 1.37. The molecule has 0 saturated carbocycles. The van der Waals surface area contributed by atoms with Gasteiger partial charge in [-0.3, -0.25) is 0 Å². The smallest absolute Gasteiger partial charge is 0.341 e. The van der Waals surface area contributed by atoms with Crippen LogP contribution in [0.15, 0.2) is 16.7 Å². The van der Waals surface area contributed by atoms with Gasteiger partial charge in [0.15, 0.2) is 0 Å². The minimum Gasteiger partial charge on any atom is -0.469 e. The zero-order valence-corrected chi connectivity index (χ0v) is 10.1. The highest BCUT2D eigenvalue weighted by molar-refractivity contribution is 7.17. The third-order valence-corrected chi connectivity index (χ3v) is 4.07. The second-order valence-corrected chi connectivity index (χ2v) is 5.03. The van der Waals surface area contributed by atoms with Crippen molar-refractivity contribution in [1.82, 2.24) is 0 Å². The molecule has 4 nitrogen and oxygen atoms in total. The highest BCUT2D eigenvalue weighted by Crippen LogP contribution is 2.44. The van der Waals surface area contributed by atoms with Crippen LogP contribution in [0.2, 0.25) is 0 Å². The van der Waals surface area contributed by atoms with Crippen molar-refractivity contribution in [1.29, 1.82) is 0 Å². The van der Waals surface area contributed by atoms with E-state index in [1.165, 1.54) is 18.4 Å². The number of anilines is 1. The summed E-state index contributed by atoms with van der Waals surface area (Å²) in [5, 5.41) is 0.524. The van der Waals surface area contributed by atoms with Gasteiger partial charge in [-0.2, -0.15) is 0 Å². The molecule has 3 rings (SSSR count). The van der Waals surface area contributed by atoms with Crippen molar-refractivity contribution >= 4 is 22.3 Å². The van der Waals surface area contributed by atoms with Gasteiger partial charge >= 0.3 is 5.97 Å². The molecule has 1 aliphatic carbocycles. The number of hydrogen-bond donors (Lipinski definition) is 1. The highest BCUT2D eigenvalue weighted by Gasteiger charge is 2.29. The molecule has 0 aliphatic heterocycles. The number of aryl methyl sites for hydroxylation is 2. The number of hydrogen-bond acceptors (Lipinski definition) is 5. The lowest BCUT2D eigenvalue weighted by Crippen LogP contribution is -2.07. The van der Waals surface area contributed by atoms with Crippen LogP contribution in [0, 0.1) is 0 Å². The molecule has 0 spiro atoms. The molecule has 1 aliphatic rings. The van der Waals surface area contributed by atoms with Crippen molar-refractivity contribution in [3.8, 4) is 11.1 Å². The quantitative estimate of drug-likeness (QED) is 0.788. The fraction of sp³-hybridized carbons (Fsp3) is 0.250. The lowest BCUT2D eigenvalue weighted by atomic mass is 9.93. The maximum Gasteiger partial charge on any atom is 0.341 e. The van der Waals surface area contributed by atoms with Gasteiger partial charge in [-0.05, 0) is 12.5 Å². The number of thiophene rings is 1. The molecule has 17 heavy (non-hydrogen) atoms. The van der Waals surface area contributed by atoms with E-state index < -0.39 is 0 Å². The van der Waals surface area contributed by atoms with Gasteiger partial charge in [0.2, 0.25) is 0 Å². The van der Waals surface area contributed by atoms with Gasteiger partial charge < -0.3 is 14.9 Å². The third-order valence-electron chi connectivity index (χ3n) is 2.99. The molecular weight excluding hydrogens is 238 g/mol. The number of carbonyl (C=O) groups is 1. The Kier molecular flexibility index (Phi) is 2.22. The summed E-state index contributed by atoms with van der Waals surface area (Å²) in [6.07, 6.45) is 3.37. The summed E-state index contributed by atoms with van der Waals surface area (Å²) in [6.45, 7) is 0. The van der Waals surface area contributed by atoms with Gasteiger partial charge in [0.1, 0.15) is 16.3 Å². The molecule has 2 aromatic rings. The van der Waals surface area contributed by atoms with Crippen LogP contribution in [0.3, 0.4) is 0 Å². The van der Waals surface area contributed by atoms with Gasteiger partial charge in [0.25, 0.3) is 0 Å². The second-order valence-electron chi connectivity index (χ2n) is 3.89. The normalized spacial score (nSPS) is 13.0. The first-order valence-electron chi connectivity index (χ1n) is 5.28. The maximum atomic E-state index is 11.8. The minimum absolute atomic E-state index is 0.381. The Hall–Kier alpha value is -1.75. The molecule has 0 unspecified atom stereocenters. The zero-order chi connectivity index (χ0) is 12.0. The molecule has 0 aromatic carbocycles. The van der Waals surface area contributed by atoms with Crippen molar-refractivity contribution in [3.63, 3.8) is 0 Å². The summed E-state index contributed by atoms with van der Waals surface area (Å²) in [5.74, 6) is 0.537. The van der Waals surface area contributed by atoms with Crippen molar-refractivity contribution in [2.75, 3.05) is 12.8 Å². The molecule has 2 heterocycles. The molecule has 2 aromatic heterocycles. The van der Waals surface area contributed by atoms with E-state index in [1.807, 2.05) is 6.07 Å². The first kappa shape index (κ1) is 10.4. The molecule has 0 amide bonds. The van der Waals surface area contributed by atoms with Crippen LogP contribution in [0.5, 0.6) is 0 Å². The molecule has 0 saturated heterocycles. The average molecular weight is 249 g/mol. The molecule has 0 atom stereocenters. The summed E-state index contributed by atoms with van der Waals surface area (Å²) in [4.78, 5) is 12.9. The Morgan fingerprint density at radius 3 is 3.12 bits per heavy atom. The van der Waals surface area contributed by atoms with Gasteiger partial charge in [0.05, 0.1) is 13.4 Å². The van der Waals surface area contributed by atoms with Gasteiger partial charge in [-0.25, -0.2) is 4.79 Å². The van der Waals surface area contributed by atoms with Gasteiger partial charge in [-0.15, -0.1) is 11.3 Å². The van der Waals surface area contributed by atoms with E-state index in [0.29, 0.717) is 10.6 Å². The van der Waals surface area contributed by atoms with Crippen molar-refractivity contribution in [2.45, 2.75) is 12.8 Å². The number of rotatable bonds is 1. The first-order chi connectivity index (χ1) is 8.22. The predicted molar refractivity (Wildman–Crippen MR) is 65.2 cm³/mol. The minimum atomic E-state index is -0.381. The first-order valence-corrected chi connectivity index (χ1v) is 6.10. The lowest BCUT2D eigenvalue weighted by molar-refractivity contribution is 0.0603. The van der Waals surface area contributed by atoms with E-state index in [1.54, 1.807) is 6.26 Å². The highest BCUT2D eigenvalue weighted by atomic mass is 32.1. The predicted octanol–water partition coefficient (Wildman–Crippen LogP) is 2.48. The summed E-state index contributed by atoms with van der Waals surface area (Å²) in [5.41, 5.74) is 8.26. The fourth-order valence-corrected chi connectivity index (χ4v) is 3.32. The molecular formula is C12H11NO3S. The number of ether oxygens (including phenoxy) is 1. The van der Waals surface area contributed by atoms with Crippen LogP contribution in [0.25, 0.3) is 11.1 Å². The van der Waals surface area contributed by atoms with E-state index in [9.17, 15) is 4.79 Å². The molecule has 0 bridgehead atoms. The number of carbonyl (C=O) groups excluding carboxylic acids is 1. The summed E-state index contributed by atoms with van der Waals surface area (Å²) < 4.78 is 10.2. The van der Waals surface area contributed by atoms with E-state index >= 15 is 0 Å². The van der Waals surface area contributed by atoms with E-state index in [2.05, 4.69) is 0 Å². The average Bonchev–Trinajstić information content (AvgIpc) is 2.90. The Morgan fingerprint density at radius 1 is 1.53 bits per heavy atom. The largest absolute Gasteiger partial charge is 0.469 e. The number of nitrogen functional groups attached to an aromatic ring is 1. The lowest BCUT2D eigenvalue weighted by Gasteiger charge is -2.11. The van der Waals surface area contributed by atoms with Crippen LogP contribution >= 0.6 is 11.3 Å². The Balaban J connectivity index is 2.27. The second kappa shape index (κ2) is 3.63. The van der Waals surface area contributed by atoms with Crippen LogP contribution in [0.4, 0.5) is 5.00 Å². The third kappa shape index (κ3) is 1.39. The monoisotopic (exact) mass is 249 g/mol. The van der Waals surface area contributed by atoms with Crippen molar-refractivity contribution in [3.05, 3.63) is 28.5 Å². The van der Waals surface area contributed by atoms with Crippen molar-refractivity contribution < 1.29 is 13.9 Å². The molecule has 5 heteroatoms. The van der Waals surface area contributed by atoms with Gasteiger partial charge in [0, 0.05) is 22.4 Å². The SMILES string of the molecule is COC(=O)c1c(N)sc2c1-c1ccoc1CC2. The van der Waals surface area contributed by atoms with E-state index in [-0.39, 0.29) is 5.97 Å². The van der Waals surface area contributed by atoms with E-state index in [4.69, 9.17) is 14.9 Å². The van der Waals surface area contributed by atoms with E-state index in [0.717, 1.165) is 34.6 Å². The summed E-state index contributed by atoms with van der Waals surface area (Å²) in [6, 6.07) is 1.88. The van der Waals surface area contributed by atoms with Crippen LogP contribution in [-0.4, -0.2) is 13.1 Å². The molecule has 2 N–H and O–H groups in total. The van der Waals surface area contributed by atoms with Crippen LogP contribution < -0.4 is 5.73 Å². The summed E-state index contributed by atoms with van der Waals surface area (Å²) >= 11 is 1.46. The zero-order valence-electron chi connectivity index (χ0n) is 9.28. The Labute approximate surface area is 102 Å². The van der Waals surface area contributed by atoms with Crippen LogP contribution in [0.1, 0.15) is 21.0 Å². The Bertz CT molecular complexity index is 597. The van der Waals surface area contributed by atoms with Crippen LogP contribution in [-0.2, 0) is 17.6 Å². The number of nitrogens with two attached hydrogens (primary N) is 1. The molecule has 0 radical (unpaired) electrons. The number of furan rings is 1. The molecule has 88 valence electrons. The fourth-order valence-electron chi connectivity index (χ4n) is 2.25. The topological polar surface area (TPSA) is 65.5 Å². The van der Waals surface area contributed by atoms with Gasteiger partial charge in [-0.1, -0.05) is 0 Å². The number of methoxy groups -OCH3 is 1.